The molecule has 4 aromatic rings. The van der Waals surface area contributed by atoms with Crippen molar-refractivity contribution >= 4 is 17.5 Å². The number of nitrogens with one attached hydrogen (secondary N) is 1. The zero-order valence-corrected chi connectivity index (χ0v) is 17.8. The molecule has 8 heteroatoms. The number of carbonyl (C=O) groups excluding carboxylic acids is 1. The predicted octanol–water partition coefficient (Wildman–Crippen LogP) is 4.91. The fourth-order valence-electron chi connectivity index (χ4n) is 3.15. The monoisotopic (exact) mass is 438 g/mol. The number of benzene rings is 2. The molecule has 0 aliphatic rings. The van der Waals surface area contributed by atoms with Gasteiger partial charge in [-0.1, -0.05) is 29.3 Å². The van der Waals surface area contributed by atoms with Crippen LogP contribution >= 0.6 is 11.6 Å². The van der Waals surface area contributed by atoms with Crippen LogP contribution in [0.3, 0.4) is 0 Å². The van der Waals surface area contributed by atoms with Crippen LogP contribution in [0, 0.1) is 19.7 Å². The molecule has 0 unspecified atom stereocenters. The van der Waals surface area contributed by atoms with Crippen molar-refractivity contribution in [3.63, 3.8) is 0 Å². The van der Waals surface area contributed by atoms with E-state index in [0.717, 1.165) is 16.8 Å². The molecule has 0 atom stereocenters. The van der Waals surface area contributed by atoms with Gasteiger partial charge in [-0.2, -0.15) is 5.10 Å². The highest BCUT2D eigenvalue weighted by molar-refractivity contribution is 6.33. The summed E-state index contributed by atoms with van der Waals surface area (Å²) < 4.78 is 20.1. The van der Waals surface area contributed by atoms with Gasteiger partial charge in [-0.05, 0) is 50.2 Å². The maximum Gasteiger partial charge on any atom is 0.256 e. The molecular formula is C23H20ClFN4O2. The Bertz CT molecular complexity index is 1210. The molecule has 2 aromatic heterocycles. The number of carbonyl (C=O) groups is 1. The number of oxazole rings is 1. The summed E-state index contributed by atoms with van der Waals surface area (Å²) in [7, 11) is 0. The first-order chi connectivity index (χ1) is 14.9. The molecular weight excluding hydrogens is 419 g/mol. The van der Waals surface area contributed by atoms with Gasteiger partial charge in [0, 0.05) is 18.5 Å². The van der Waals surface area contributed by atoms with Crippen molar-refractivity contribution in [2.75, 3.05) is 6.54 Å². The molecule has 0 bridgehead atoms. The smallest absolute Gasteiger partial charge is 0.256 e. The van der Waals surface area contributed by atoms with E-state index in [-0.39, 0.29) is 22.4 Å². The van der Waals surface area contributed by atoms with Crippen LogP contribution in [0.15, 0.2) is 59.2 Å². The quantitative estimate of drug-likeness (QED) is 0.464. The Morgan fingerprint density at radius 2 is 1.84 bits per heavy atom. The van der Waals surface area contributed by atoms with Gasteiger partial charge in [0.2, 0.25) is 5.89 Å². The van der Waals surface area contributed by atoms with Gasteiger partial charge in [-0.15, -0.1) is 0 Å². The van der Waals surface area contributed by atoms with E-state index < -0.39 is 0 Å². The Labute approximate surface area is 183 Å². The highest BCUT2D eigenvalue weighted by atomic mass is 35.5. The number of nitrogens with zero attached hydrogens (tertiary/aromatic N) is 3. The highest BCUT2D eigenvalue weighted by Gasteiger charge is 2.21. The van der Waals surface area contributed by atoms with E-state index in [1.165, 1.54) is 16.8 Å². The Morgan fingerprint density at radius 3 is 2.55 bits per heavy atom. The summed E-state index contributed by atoms with van der Waals surface area (Å²) in [4.78, 5) is 17.2. The minimum absolute atomic E-state index is 0.171. The van der Waals surface area contributed by atoms with Gasteiger partial charge in [0.15, 0.2) is 0 Å². The van der Waals surface area contributed by atoms with Crippen LogP contribution in [0.25, 0.3) is 17.1 Å². The van der Waals surface area contributed by atoms with E-state index in [4.69, 9.17) is 16.0 Å². The number of hydrogen-bond acceptors (Lipinski definition) is 4. The van der Waals surface area contributed by atoms with Gasteiger partial charge in [0.05, 0.1) is 22.6 Å². The van der Waals surface area contributed by atoms with Gasteiger partial charge in [0.1, 0.15) is 17.2 Å². The lowest BCUT2D eigenvalue weighted by atomic mass is 10.1. The Hall–Kier alpha value is -3.45. The van der Waals surface area contributed by atoms with Crippen molar-refractivity contribution in [3.05, 3.63) is 88.3 Å². The average molecular weight is 439 g/mol. The van der Waals surface area contributed by atoms with Gasteiger partial charge in [-0.3, -0.25) is 4.79 Å². The van der Waals surface area contributed by atoms with Crippen molar-refractivity contribution in [2.24, 2.45) is 0 Å². The maximum atomic E-state index is 13.2. The highest BCUT2D eigenvalue weighted by Crippen LogP contribution is 2.24. The molecule has 158 valence electrons. The number of halogens is 2. The molecule has 1 amide bonds. The zero-order valence-electron chi connectivity index (χ0n) is 17.0. The second kappa shape index (κ2) is 8.73. The Morgan fingerprint density at radius 1 is 1.13 bits per heavy atom. The molecule has 0 radical (unpaired) electrons. The third-order valence-corrected chi connectivity index (χ3v) is 5.17. The van der Waals surface area contributed by atoms with E-state index in [1.54, 1.807) is 25.3 Å². The molecule has 0 saturated carbocycles. The molecule has 0 aliphatic heterocycles. The van der Waals surface area contributed by atoms with Gasteiger partial charge in [-0.25, -0.2) is 14.1 Å². The van der Waals surface area contributed by atoms with Crippen LogP contribution < -0.4 is 5.32 Å². The molecule has 2 heterocycles. The topological polar surface area (TPSA) is 73.0 Å². The third-order valence-electron chi connectivity index (χ3n) is 4.82. The maximum absolute atomic E-state index is 13.2. The Balaban J connectivity index is 1.40. The largest absolute Gasteiger partial charge is 0.444 e. The summed E-state index contributed by atoms with van der Waals surface area (Å²) in [6, 6.07) is 13.6. The standard InChI is InChI=1S/C23H20ClFN4O2/c1-14-3-5-16(6-4-14)23-27-18(13-31-23)11-12-26-22(30)20-15(2)28-29(21(20)24)19-9-7-17(25)8-10-19/h3-10,13H,11-12H2,1-2H3,(H,26,30). The van der Waals surface area contributed by atoms with Crippen LogP contribution in [0.5, 0.6) is 0 Å². The van der Waals surface area contributed by atoms with E-state index in [9.17, 15) is 9.18 Å². The first-order valence-electron chi connectivity index (χ1n) is 9.73. The first kappa shape index (κ1) is 20.8. The predicted molar refractivity (Wildman–Crippen MR) is 116 cm³/mol. The van der Waals surface area contributed by atoms with Crippen molar-refractivity contribution < 1.29 is 13.6 Å². The number of amides is 1. The molecule has 31 heavy (non-hydrogen) atoms. The number of aromatic nitrogens is 3. The van der Waals surface area contributed by atoms with Gasteiger partial charge >= 0.3 is 0 Å². The summed E-state index contributed by atoms with van der Waals surface area (Å²) in [5.41, 5.74) is 4.13. The van der Waals surface area contributed by atoms with Crippen LogP contribution in [0.2, 0.25) is 5.15 Å². The van der Waals surface area contributed by atoms with Crippen LogP contribution in [0.4, 0.5) is 4.39 Å². The zero-order chi connectivity index (χ0) is 22.0. The van der Waals surface area contributed by atoms with Crippen LogP contribution in [-0.4, -0.2) is 27.2 Å². The fourth-order valence-corrected chi connectivity index (χ4v) is 3.51. The molecule has 6 nitrogen and oxygen atoms in total. The normalized spacial score (nSPS) is 11.0. The summed E-state index contributed by atoms with van der Waals surface area (Å²) in [5, 5.41) is 7.33. The second-order valence-electron chi connectivity index (χ2n) is 7.16. The lowest BCUT2D eigenvalue weighted by molar-refractivity contribution is 0.0953. The van der Waals surface area contributed by atoms with Crippen molar-refractivity contribution in [1.29, 1.82) is 0 Å². The van der Waals surface area contributed by atoms with Gasteiger partial charge in [0.25, 0.3) is 5.91 Å². The molecule has 0 saturated heterocycles. The summed E-state index contributed by atoms with van der Waals surface area (Å²) >= 11 is 6.40. The summed E-state index contributed by atoms with van der Waals surface area (Å²) in [5.74, 6) is -0.154. The summed E-state index contributed by atoms with van der Waals surface area (Å²) in [6.07, 6.45) is 2.09. The third kappa shape index (κ3) is 4.51. The van der Waals surface area contributed by atoms with Crippen molar-refractivity contribution in [1.82, 2.24) is 20.1 Å². The van der Waals surface area contributed by atoms with Gasteiger partial charge < -0.3 is 9.73 Å². The van der Waals surface area contributed by atoms with E-state index >= 15 is 0 Å². The second-order valence-corrected chi connectivity index (χ2v) is 7.51. The minimum atomic E-state index is -0.361. The first-order valence-corrected chi connectivity index (χ1v) is 10.1. The Kier molecular flexibility index (Phi) is 5.86. The molecule has 0 spiro atoms. The summed E-state index contributed by atoms with van der Waals surface area (Å²) in [6.45, 7) is 4.08. The van der Waals surface area contributed by atoms with Crippen LogP contribution in [-0.2, 0) is 6.42 Å². The molecule has 2 aromatic carbocycles. The van der Waals surface area contributed by atoms with E-state index in [1.807, 2.05) is 31.2 Å². The lowest BCUT2D eigenvalue weighted by Crippen LogP contribution is -2.26. The molecule has 4 rings (SSSR count). The van der Waals surface area contributed by atoms with Crippen molar-refractivity contribution in [3.8, 4) is 17.1 Å². The average Bonchev–Trinajstić information content (AvgIpc) is 3.33. The lowest BCUT2D eigenvalue weighted by Gasteiger charge is -2.05. The minimum Gasteiger partial charge on any atom is -0.444 e. The number of aryl methyl sites for hydroxylation is 2. The van der Waals surface area contributed by atoms with E-state index in [2.05, 4.69) is 15.4 Å². The fraction of sp³-hybridized carbons (Fsp3) is 0.174. The number of hydrogen-bond donors (Lipinski definition) is 1. The molecule has 0 aliphatic carbocycles. The van der Waals surface area contributed by atoms with Crippen LogP contribution in [0.1, 0.15) is 27.3 Å². The number of rotatable bonds is 6. The van der Waals surface area contributed by atoms with Crippen molar-refractivity contribution in [2.45, 2.75) is 20.3 Å². The molecule has 1 N–H and O–H groups in total. The SMILES string of the molecule is Cc1ccc(-c2nc(CCNC(=O)c3c(C)nn(-c4ccc(F)cc4)c3Cl)co2)cc1. The molecule has 0 fully saturated rings. The van der Waals surface area contributed by atoms with E-state index in [0.29, 0.717) is 30.2 Å².